The van der Waals surface area contributed by atoms with E-state index in [9.17, 15) is 4.79 Å². The van der Waals surface area contributed by atoms with Crippen LogP contribution in [-0.4, -0.2) is 10.9 Å². The van der Waals surface area contributed by atoms with Crippen molar-refractivity contribution in [3.63, 3.8) is 0 Å². The maximum absolute atomic E-state index is 13.0. The predicted octanol–water partition coefficient (Wildman–Crippen LogP) is 7.12. The fraction of sp³-hybridized carbons (Fsp3) is 0.333. The van der Waals surface area contributed by atoms with Crippen LogP contribution >= 0.6 is 0 Å². The van der Waals surface area contributed by atoms with Crippen LogP contribution in [0, 0.1) is 12.8 Å². The number of nitrogens with zero attached hydrogens (tertiary/aromatic N) is 1. The Labute approximate surface area is 197 Å². The number of nitrogens with one attached hydrogen (secondary N) is 1. The zero-order valence-corrected chi connectivity index (χ0v) is 19.6. The van der Waals surface area contributed by atoms with Gasteiger partial charge in [0.15, 0.2) is 0 Å². The molecule has 2 aliphatic rings. The van der Waals surface area contributed by atoms with E-state index in [1.165, 1.54) is 35.1 Å². The Bertz CT molecular complexity index is 1200. The Morgan fingerprint density at radius 1 is 1.12 bits per heavy atom. The van der Waals surface area contributed by atoms with Crippen LogP contribution in [0.4, 0.5) is 5.69 Å². The first-order valence-corrected chi connectivity index (χ1v) is 12.2. The number of carbonyl (C=O) groups excluding carboxylic acids is 1. The Morgan fingerprint density at radius 2 is 1.97 bits per heavy atom. The molecule has 0 spiro atoms. The molecule has 0 aliphatic heterocycles. The van der Waals surface area contributed by atoms with Crippen LogP contribution in [0.5, 0.6) is 0 Å². The number of benzene rings is 2. The summed E-state index contributed by atoms with van der Waals surface area (Å²) in [7, 11) is 0. The maximum atomic E-state index is 13.0. The van der Waals surface area contributed by atoms with Gasteiger partial charge in [-0.15, -0.1) is 0 Å². The number of hydrogen-bond acceptors (Lipinski definition) is 2. The van der Waals surface area contributed by atoms with Gasteiger partial charge in [0.05, 0.1) is 11.4 Å². The molecule has 1 heterocycles. The molecule has 1 aromatic heterocycles. The number of fused-ring (bicyclic) bond motifs is 3. The minimum Gasteiger partial charge on any atom is -0.320 e. The number of aromatic nitrogens is 1. The minimum atomic E-state index is -0.0600. The molecule has 3 heteroatoms. The van der Waals surface area contributed by atoms with Gasteiger partial charge in [-0.3, -0.25) is 9.78 Å². The van der Waals surface area contributed by atoms with E-state index >= 15 is 0 Å². The lowest BCUT2D eigenvalue weighted by Crippen LogP contribution is -2.36. The lowest BCUT2D eigenvalue weighted by Gasteiger charge is -2.44. The second-order valence-corrected chi connectivity index (χ2v) is 9.56. The Kier molecular flexibility index (Phi) is 5.88. The molecule has 5 rings (SSSR count). The second-order valence-electron chi connectivity index (χ2n) is 9.56. The van der Waals surface area contributed by atoms with Gasteiger partial charge in [0.25, 0.3) is 5.91 Å². The van der Waals surface area contributed by atoms with E-state index < -0.39 is 0 Å². The maximum Gasteiger partial charge on any atom is 0.255 e. The van der Waals surface area contributed by atoms with Gasteiger partial charge in [0.1, 0.15) is 0 Å². The van der Waals surface area contributed by atoms with Gasteiger partial charge in [-0.25, -0.2) is 0 Å². The van der Waals surface area contributed by atoms with Crippen LogP contribution in [0.15, 0.2) is 72.9 Å². The molecular formula is C30H32N2O. The van der Waals surface area contributed by atoms with E-state index in [0.29, 0.717) is 5.92 Å². The van der Waals surface area contributed by atoms with Crippen molar-refractivity contribution in [1.82, 2.24) is 4.98 Å². The van der Waals surface area contributed by atoms with Gasteiger partial charge in [0.2, 0.25) is 0 Å². The fourth-order valence-corrected chi connectivity index (χ4v) is 6.01. The molecule has 168 valence electrons. The average molecular weight is 437 g/mol. The van der Waals surface area contributed by atoms with E-state index in [4.69, 9.17) is 0 Å². The molecule has 2 aliphatic carbocycles. The van der Waals surface area contributed by atoms with Crippen molar-refractivity contribution in [1.29, 1.82) is 0 Å². The predicted molar refractivity (Wildman–Crippen MR) is 135 cm³/mol. The molecule has 3 aromatic rings. The molecule has 2 atom stereocenters. The van der Waals surface area contributed by atoms with Crippen LogP contribution in [0.3, 0.4) is 0 Å². The molecule has 1 amide bonds. The van der Waals surface area contributed by atoms with Crippen LogP contribution in [0.2, 0.25) is 0 Å². The minimum absolute atomic E-state index is 0.0600. The lowest BCUT2D eigenvalue weighted by molar-refractivity contribution is 0.102. The smallest absolute Gasteiger partial charge is 0.255 e. The molecule has 0 unspecified atom stereocenters. The average Bonchev–Trinajstić information content (AvgIpc) is 3.02. The van der Waals surface area contributed by atoms with Crippen molar-refractivity contribution in [2.75, 3.05) is 5.32 Å². The highest BCUT2D eigenvalue weighted by Crippen LogP contribution is 2.52. The standard InChI is InChI=1S/C30H32N2O/c1-3-30-17-16-23(22-9-5-4-6-10-22)20-26(30)12-7-11-24-19-25(14-15-27(24)30)29(33)32-28-13-8-18-31-21(28)2/h4-6,8-10,13-16,18-19,26H,3,7,11-12,17,20H2,1-2H3,(H,32,33)/t26-,30+/m0/s1. The van der Waals surface area contributed by atoms with E-state index in [2.05, 4.69) is 65.8 Å². The number of amides is 1. The third kappa shape index (κ3) is 4.01. The highest BCUT2D eigenvalue weighted by atomic mass is 16.1. The molecular weight excluding hydrogens is 404 g/mol. The summed E-state index contributed by atoms with van der Waals surface area (Å²) < 4.78 is 0. The molecule has 2 aromatic carbocycles. The Balaban J connectivity index is 1.46. The summed E-state index contributed by atoms with van der Waals surface area (Å²) in [6, 6.07) is 21.0. The number of hydrogen-bond donors (Lipinski definition) is 1. The number of allylic oxidation sites excluding steroid dienone is 2. The molecule has 0 radical (unpaired) electrons. The summed E-state index contributed by atoms with van der Waals surface area (Å²) in [6.45, 7) is 4.26. The monoisotopic (exact) mass is 436 g/mol. The SMILES string of the molecule is CC[C@@]12CC=C(c3ccccc3)C[C@@H]1CCCc1cc(C(=O)Nc3cccnc3C)ccc12. The molecule has 0 saturated carbocycles. The van der Waals surface area contributed by atoms with Gasteiger partial charge in [-0.1, -0.05) is 49.4 Å². The highest BCUT2D eigenvalue weighted by molar-refractivity contribution is 6.04. The summed E-state index contributed by atoms with van der Waals surface area (Å²) in [6.07, 6.45) is 11.0. The zero-order valence-electron chi connectivity index (χ0n) is 19.6. The van der Waals surface area contributed by atoms with Gasteiger partial charge < -0.3 is 5.32 Å². The third-order valence-electron chi connectivity index (χ3n) is 7.89. The van der Waals surface area contributed by atoms with E-state index in [-0.39, 0.29) is 11.3 Å². The van der Waals surface area contributed by atoms with Crippen LogP contribution in [-0.2, 0) is 11.8 Å². The number of pyridine rings is 1. The highest BCUT2D eigenvalue weighted by Gasteiger charge is 2.43. The van der Waals surface area contributed by atoms with Crippen molar-refractivity contribution in [3.05, 3.63) is 101 Å². The fourth-order valence-electron chi connectivity index (χ4n) is 6.01. The summed E-state index contributed by atoms with van der Waals surface area (Å²) in [5.74, 6) is 0.580. The van der Waals surface area contributed by atoms with Gasteiger partial charge in [-0.2, -0.15) is 0 Å². The number of carbonyl (C=O) groups is 1. The Hall–Kier alpha value is -3.20. The summed E-state index contributed by atoms with van der Waals surface area (Å²) in [5, 5.41) is 3.04. The molecule has 0 bridgehead atoms. The van der Waals surface area contributed by atoms with E-state index in [0.717, 1.165) is 42.6 Å². The van der Waals surface area contributed by atoms with Crippen molar-refractivity contribution in [2.24, 2.45) is 5.92 Å². The first-order chi connectivity index (χ1) is 16.1. The van der Waals surface area contributed by atoms with Crippen molar-refractivity contribution >= 4 is 17.2 Å². The van der Waals surface area contributed by atoms with Gasteiger partial charge in [0, 0.05) is 17.2 Å². The number of rotatable bonds is 4. The van der Waals surface area contributed by atoms with E-state index in [1.54, 1.807) is 6.20 Å². The number of anilines is 1. The lowest BCUT2D eigenvalue weighted by atomic mass is 9.60. The first kappa shape index (κ1) is 21.6. The summed E-state index contributed by atoms with van der Waals surface area (Å²) in [5.41, 5.74) is 8.18. The van der Waals surface area contributed by atoms with Crippen LogP contribution in [0.25, 0.3) is 5.57 Å². The summed E-state index contributed by atoms with van der Waals surface area (Å²) in [4.78, 5) is 17.3. The largest absolute Gasteiger partial charge is 0.320 e. The van der Waals surface area contributed by atoms with E-state index in [1.807, 2.05) is 25.1 Å². The summed E-state index contributed by atoms with van der Waals surface area (Å²) >= 11 is 0. The molecule has 33 heavy (non-hydrogen) atoms. The molecule has 3 nitrogen and oxygen atoms in total. The van der Waals surface area contributed by atoms with Gasteiger partial charge in [-0.05, 0) is 97.9 Å². The first-order valence-electron chi connectivity index (χ1n) is 12.2. The van der Waals surface area contributed by atoms with Crippen molar-refractivity contribution < 1.29 is 4.79 Å². The Morgan fingerprint density at radius 3 is 2.76 bits per heavy atom. The quantitative estimate of drug-likeness (QED) is 0.473. The molecule has 1 N–H and O–H groups in total. The number of aryl methyl sites for hydroxylation is 2. The van der Waals surface area contributed by atoms with Crippen molar-refractivity contribution in [2.45, 2.75) is 57.8 Å². The normalized spacial score (nSPS) is 21.9. The topological polar surface area (TPSA) is 42.0 Å². The second kappa shape index (κ2) is 8.97. The zero-order chi connectivity index (χ0) is 22.8. The van der Waals surface area contributed by atoms with Crippen molar-refractivity contribution in [3.8, 4) is 0 Å². The molecule has 0 fully saturated rings. The third-order valence-corrected chi connectivity index (χ3v) is 7.89. The van der Waals surface area contributed by atoms with Crippen LogP contribution < -0.4 is 5.32 Å². The molecule has 0 saturated heterocycles. The van der Waals surface area contributed by atoms with Crippen LogP contribution in [0.1, 0.15) is 71.8 Å². The van der Waals surface area contributed by atoms with Gasteiger partial charge >= 0.3 is 0 Å².